The second-order valence-electron chi connectivity index (χ2n) is 7.40. The average Bonchev–Trinajstić information content (AvgIpc) is 2.70. The molecule has 0 spiro atoms. The third-order valence-electron chi connectivity index (χ3n) is 5.08. The third kappa shape index (κ3) is 7.49. The van der Waals surface area contributed by atoms with Gasteiger partial charge in [0.1, 0.15) is 0 Å². The normalized spacial score (nSPS) is 16.0. The number of carboxylic acid groups (broad SMARTS) is 1. The maximum atomic E-state index is 12.8. The highest BCUT2D eigenvalue weighted by molar-refractivity contribution is 7.89. The molecule has 31 heavy (non-hydrogen) atoms. The molecule has 1 fully saturated rings. The van der Waals surface area contributed by atoms with Gasteiger partial charge in [0.05, 0.1) is 23.5 Å². The summed E-state index contributed by atoms with van der Waals surface area (Å²) < 4.78 is 26.9. The second kappa shape index (κ2) is 11.6. The van der Waals surface area contributed by atoms with Crippen LogP contribution in [0.1, 0.15) is 31.2 Å². The van der Waals surface area contributed by atoms with E-state index < -0.39 is 33.9 Å². The topological polar surface area (TPSA) is 204 Å². The number of benzene rings is 1. The Kier molecular flexibility index (Phi) is 9.88. The number of sulfonamides is 1. The Morgan fingerprint density at radius 1 is 1.23 bits per heavy atom. The van der Waals surface area contributed by atoms with Crippen LogP contribution in [-0.4, -0.2) is 61.7 Å². The van der Waals surface area contributed by atoms with Crippen LogP contribution >= 0.6 is 0 Å². The smallest absolute Gasteiger partial charge is 0.338 e. The van der Waals surface area contributed by atoms with Crippen LogP contribution in [0.15, 0.2) is 29.2 Å². The Morgan fingerprint density at radius 3 is 2.32 bits per heavy atom. The molecule has 1 aromatic carbocycles. The maximum absolute atomic E-state index is 12.8. The van der Waals surface area contributed by atoms with Crippen LogP contribution in [0.3, 0.4) is 0 Å². The molecule has 0 aromatic heterocycles. The van der Waals surface area contributed by atoms with E-state index in [1.165, 1.54) is 4.31 Å². The molecule has 1 aliphatic heterocycles. The van der Waals surface area contributed by atoms with Gasteiger partial charge in [-0.05, 0) is 44.7 Å². The van der Waals surface area contributed by atoms with Crippen LogP contribution < -0.4 is 26.9 Å². The average molecular weight is 458 g/mol. The summed E-state index contributed by atoms with van der Waals surface area (Å²) in [6.45, 7) is 2.64. The van der Waals surface area contributed by atoms with E-state index in [-0.39, 0.29) is 35.8 Å². The largest absolute Gasteiger partial charge is 0.548 e. The first-order chi connectivity index (χ1) is 14.1. The molecule has 1 saturated heterocycles. The first-order valence-corrected chi connectivity index (χ1v) is 11.2. The fraction of sp³-hybridized carbons (Fsp3) is 0.526. The lowest BCUT2D eigenvalue weighted by Crippen LogP contribution is -2.78. The fourth-order valence-corrected chi connectivity index (χ4v) is 4.76. The van der Waals surface area contributed by atoms with E-state index in [4.69, 9.17) is 11.5 Å². The molecule has 11 nitrogen and oxygen atoms in total. The highest BCUT2D eigenvalue weighted by atomic mass is 32.2. The Labute approximate surface area is 181 Å². The number of nitrogens with one attached hydrogen (secondary N) is 2. The van der Waals surface area contributed by atoms with E-state index in [1.807, 2.05) is 6.92 Å². The van der Waals surface area contributed by atoms with Crippen molar-refractivity contribution in [1.82, 2.24) is 9.62 Å². The Bertz CT molecular complexity index is 876. The minimum absolute atomic E-state index is 0. The van der Waals surface area contributed by atoms with Crippen molar-refractivity contribution in [1.29, 1.82) is 0 Å². The summed E-state index contributed by atoms with van der Waals surface area (Å²) in [6, 6.07) is 5.48. The lowest BCUT2D eigenvalue weighted by Gasteiger charge is -2.31. The van der Waals surface area contributed by atoms with E-state index in [9.17, 15) is 23.1 Å². The van der Waals surface area contributed by atoms with Gasteiger partial charge < -0.3 is 20.7 Å². The van der Waals surface area contributed by atoms with Gasteiger partial charge in [-0.3, -0.25) is 21.3 Å². The van der Waals surface area contributed by atoms with Gasteiger partial charge in [0.2, 0.25) is 15.9 Å². The number of nitrogens with zero attached hydrogens (tertiary/aromatic N) is 1. The van der Waals surface area contributed by atoms with Crippen LogP contribution in [-0.2, 0) is 19.6 Å². The van der Waals surface area contributed by atoms with Gasteiger partial charge in [0.25, 0.3) is 0 Å². The number of carboxylic acids is 1. The van der Waals surface area contributed by atoms with Crippen molar-refractivity contribution in [3.8, 4) is 0 Å². The summed E-state index contributed by atoms with van der Waals surface area (Å²) in [7, 11) is -3.62. The Balaban J connectivity index is 0.00000480. The number of carbonyl (C=O) groups is 2. The molecule has 1 aliphatic rings. The van der Waals surface area contributed by atoms with E-state index in [2.05, 4.69) is 10.3 Å². The maximum Gasteiger partial charge on any atom is 0.338 e. The first-order valence-electron chi connectivity index (χ1n) is 9.81. The Hall–Kier alpha value is -2.70. The van der Waals surface area contributed by atoms with Gasteiger partial charge in [-0.25, -0.2) is 8.42 Å². The molecule has 1 unspecified atom stereocenters. The number of nitrogens with two attached hydrogens (primary N) is 2. The fourth-order valence-electron chi connectivity index (χ4n) is 3.30. The summed E-state index contributed by atoms with van der Waals surface area (Å²) in [6.07, 6.45) is 1.22. The zero-order valence-corrected chi connectivity index (χ0v) is 18.3. The number of guanidine groups is 1. The zero-order chi connectivity index (χ0) is 22.3. The highest BCUT2D eigenvalue weighted by Gasteiger charge is 2.32. The molecule has 0 saturated carbocycles. The van der Waals surface area contributed by atoms with Gasteiger partial charge in [-0.1, -0.05) is 17.7 Å². The van der Waals surface area contributed by atoms with Gasteiger partial charge in [0.15, 0.2) is 0 Å². The van der Waals surface area contributed by atoms with Crippen LogP contribution in [0.4, 0.5) is 0 Å². The summed E-state index contributed by atoms with van der Waals surface area (Å²) in [5.74, 6) is -2.19. The van der Waals surface area contributed by atoms with Crippen molar-refractivity contribution in [2.75, 3.05) is 19.6 Å². The number of hydrogen-bond donors (Lipinski definition) is 4. The van der Waals surface area contributed by atoms with Crippen molar-refractivity contribution in [3.63, 3.8) is 0 Å². The van der Waals surface area contributed by atoms with Gasteiger partial charge >= 0.3 is 5.96 Å². The number of rotatable bonds is 9. The summed E-state index contributed by atoms with van der Waals surface area (Å²) in [5, 5.41) is 13.8. The molecule has 0 aliphatic carbocycles. The minimum Gasteiger partial charge on any atom is -0.548 e. The first kappa shape index (κ1) is 26.3. The van der Waals surface area contributed by atoms with Crippen molar-refractivity contribution in [3.05, 3.63) is 29.8 Å². The minimum atomic E-state index is -3.62. The number of amides is 1. The van der Waals surface area contributed by atoms with E-state index >= 15 is 0 Å². The van der Waals surface area contributed by atoms with Gasteiger partial charge in [-0.15, -0.1) is 0 Å². The van der Waals surface area contributed by atoms with Crippen LogP contribution in [0, 0.1) is 12.8 Å². The van der Waals surface area contributed by atoms with Crippen molar-refractivity contribution in [2.24, 2.45) is 17.4 Å². The summed E-state index contributed by atoms with van der Waals surface area (Å²) in [5.41, 5.74) is 11.5. The standard InChI is InChI=1S/C19H29N5O5S.H2O/c1-13-4-6-15(7-5-13)30(28,29)24-11-8-14(9-12-24)17(25)23-16(18(26)27)3-2-10-22-19(20)21;/h4-7,14,16H,2-3,8-12H2,1H3,(H,23,25)(H,26,27)(H4,20,21,22);1H2. The monoisotopic (exact) mass is 457 g/mol. The number of hydrogen-bond acceptors (Lipinski definition) is 5. The third-order valence-corrected chi connectivity index (χ3v) is 7.00. The molecule has 174 valence electrons. The Morgan fingerprint density at radius 2 is 1.81 bits per heavy atom. The van der Waals surface area contributed by atoms with E-state index in [1.54, 1.807) is 24.3 Å². The number of piperidine rings is 1. The van der Waals surface area contributed by atoms with Crippen LogP contribution in [0.25, 0.3) is 0 Å². The van der Waals surface area contributed by atoms with Crippen molar-refractivity contribution >= 4 is 27.9 Å². The van der Waals surface area contributed by atoms with Crippen molar-refractivity contribution in [2.45, 2.75) is 43.5 Å². The predicted octanol–water partition coefficient (Wildman–Crippen LogP) is -4.06. The lowest BCUT2D eigenvalue weighted by atomic mass is 9.96. The molecular weight excluding hydrogens is 426 g/mol. The molecule has 8 N–H and O–H groups in total. The molecule has 0 bridgehead atoms. The molecule has 12 heteroatoms. The molecule has 1 aromatic rings. The molecular formula is C19H31N5O6S. The number of aryl methyl sites for hydroxylation is 1. The SMILES string of the molecule is Cc1ccc(S(=O)(=O)N2CCC(C(=O)NC(CCC[NH+]=C(N)N)C(=O)[O-])CC2)cc1.O. The van der Waals surface area contributed by atoms with Gasteiger partial charge in [0, 0.05) is 19.0 Å². The summed E-state index contributed by atoms with van der Waals surface area (Å²) in [4.78, 5) is 26.7. The number of aliphatic carboxylic acids is 1. The van der Waals surface area contributed by atoms with E-state index in [0.29, 0.717) is 25.8 Å². The number of carbonyl (C=O) groups excluding carboxylic acids is 2. The van der Waals surface area contributed by atoms with Crippen LogP contribution in [0.5, 0.6) is 0 Å². The van der Waals surface area contributed by atoms with E-state index in [0.717, 1.165) is 5.56 Å². The highest BCUT2D eigenvalue weighted by Crippen LogP contribution is 2.24. The summed E-state index contributed by atoms with van der Waals surface area (Å²) >= 11 is 0. The van der Waals surface area contributed by atoms with Crippen LogP contribution in [0.2, 0.25) is 0 Å². The zero-order valence-electron chi connectivity index (χ0n) is 17.5. The van der Waals surface area contributed by atoms with Crippen molar-refractivity contribution < 1.29 is 33.6 Å². The predicted molar refractivity (Wildman–Crippen MR) is 112 cm³/mol. The molecule has 0 radical (unpaired) electrons. The second-order valence-corrected chi connectivity index (χ2v) is 9.33. The quantitative estimate of drug-likeness (QED) is 0.164. The molecule has 1 amide bonds. The molecule has 2 rings (SSSR count). The molecule has 1 atom stereocenters. The van der Waals surface area contributed by atoms with Gasteiger partial charge in [-0.2, -0.15) is 4.31 Å². The molecule has 1 heterocycles. The lowest BCUT2D eigenvalue weighted by molar-refractivity contribution is -0.459.